The Morgan fingerprint density at radius 3 is 2.68 bits per heavy atom. The molecule has 3 heterocycles. The number of aryl methyl sites for hydroxylation is 2. The number of hydrogen-bond acceptors (Lipinski definition) is 6. The maximum Gasteiger partial charge on any atom is 0.263 e. The number of piperidine rings is 1. The van der Waals surface area contributed by atoms with Crippen LogP contribution in [0.5, 0.6) is 0 Å². The Morgan fingerprint density at radius 2 is 2.00 bits per heavy atom. The number of nitrogens with zero attached hydrogens (tertiary/aromatic N) is 4. The number of hydrogen-bond donors (Lipinski definition) is 1. The van der Waals surface area contributed by atoms with Crippen molar-refractivity contribution in [2.75, 3.05) is 24.5 Å². The van der Waals surface area contributed by atoms with Crippen LogP contribution in [0.4, 0.5) is 5.82 Å². The third-order valence-corrected chi connectivity index (χ3v) is 4.65. The maximum atomic E-state index is 11.7. The van der Waals surface area contributed by atoms with Crippen LogP contribution in [0.1, 0.15) is 45.1 Å². The molecule has 1 amide bonds. The molecule has 25 heavy (non-hydrogen) atoms. The topological polar surface area (TPSA) is 84.2 Å². The molecule has 7 nitrogen and oxygen atoms in total. The number of anilines is 1. The summed E-state index contributed by atoms with van der Waals surface area (Å²) >= 11 is 0. The van der Waals surface area contributed by atoms with Gasteiger partial charge in [-0.05, 0) is 32.1 Å². The van der Waals surface area contributed by atoms with Gasteiger partial charge in [-0.15, -0.1) is 0 Å². The van der Waals surface area contributed by atoms with Crippen LogP contribution >= 0.6 is 0 Å². The second-order valence-corrected chi connectivity index (χ2v) is 7.22. The molecule has 0 aliphatic carbocycles. The summed E-state index contributed by atoms with van der Waals surface area (Å²) in [5.41, 5.74) is 1.32. The van der Waals surface area contributed by atoms with Gasteiger partial charge in [0.2, 0.25) is 5.91 Å². The van der Waals surface area contributed by atoms with Gasteiger partial charge in [0.25, 0.3) is 5.71 Å². The Kier molecular flexibility index (Phi) is 5.20. The molecule has 136 valence electrons. The van der Waals surface area contributed by atoms with Crippen molar-refractivity contribution in [1.29, 1.82) is 0 Å². The van der Waals surface area contributed by atoms with E-state index in [0.29, 0.717) is 42.8 Å². The van der Waals surface area contributed by atoms with Crippen LogP contribution in [0, 0.1) is 18.8 Å². The van der Waals surface area contributed by atoms with Crippen molar-refractivity contribution in [2.45, 2.75) is 47.0 Å². The highest BCUT2D eigenvalue weighted by molar-refractivity contribution is 5.88. The first kappa shape index (κ1) is 17.6. The Labute approximate surface area is 148 Å². The van der Waals surface area contributed by atoms with Gasteiger partial charge in [-0.2, -0.15) is 4.98 Å². The minimum absolute atomic E-state index is 0.0155. The molecule has 0 bridgehead atoms. The van der Waals surface area contributed by atoms with Crippen LogP contribution in [0.25, 0.3) is 11.1 Å². The van der Waals surface area contributed by atoms with E-state index >= 15 is 0 Å². The molecule has 2 aromatic heterocycles. The third kappa shape index (κ3) is 3.91. The quantitative estimate of drug-likeness (QED) is 0.896. The average Bonchev–Trinajstić information content (AvgIpc) is 2.93. The molecule has 1 aliphatic rings. The number of aromatic nitrogens is 3. The molecule has 0 aromatic carbocycles. The van der Waals surface area contributed by atoms with Crippen molar-refractivity contribution in [2.24, 2.45) is 11.8 Å². The lowest BCUT2D eigenvalue weighted by Gasteiger charge is -2.36. The Bertz CT molecular complexity index is 747. The van der Waals surface area contributed by atoms with Crippen molar-refractivity contribution in [3.8, 4) is 0 Å². The molecule has 2 aromatic rings. The second kappa shape index (κ2) is 7.37. The highest BCUT2D eigenvalue weighted by Gasteiger charge is 2.26. The Balaban J connectivity index is 1.92. The second-order valence-electron chi connectivity index (χ2n) is 7.22. The Hall–Kier alpha value is -2.18. The van der Waals surface area contributed by atoms with E-state index < -0.39 is 0 Å². The standard InChI is InChI=1S/C18H27N5O2/c1-5-19-15(24)7-6-14-20-17(16-13(4)22-25-18(16)21-14)23-9-11(2)8-12(3)10-23/h11-12H,5-10H2,1-4H3,(H,19,24). The monoisotopic (exact) mass is 345 g/mol. The molecule has 0 saturated carbocycles. The van der Waals surface area contributed by atoms with Crippen LogP contribution in [0.2, 0.25) is 0 Å². The predicted octanol–water partition coefficient (Wildman–Crippen LogP) is 2.48. The molecule has 2 unspecified atom stereocenters. The average molecular weight is 345 g/mol. The lowest BCUT2D eigenvalue weighted by atomic mass is 9.92. The molecular weight excluding hydrogens is 318 g/mol. The number of nitrogens with one attached hydrogen (secondary N) is 1. The molecule has 0 spiro atoms. The van der Waals surface area contributed by atoms with Crippen molar-refractivity contribution in [1.82, 2.24) is 20.4 Å². The van der Waals surface area contributed by atoms with Gasteiger partial charge in [0.05, 0.1) is 5.69 Å². The highest BCUT2D eigenvalue weighted by atomic mass is 16.5. The summed E-state index contributed by atoms with van der Waals surface area (Å²) in [4.78, 5) is 23.3. The number of carbonyl (C=O) groups is 1. The first-order valence-corrected chi connectivity index (χ1v) is 9.12. The Morgan fingerprint density at radius 1 is 1.28 bits per heavy atom. The van der Waals surface area contributed by atoms with Crippen molar-refractivity contribution in [3.63, 3.8) is 0 Å². The van der Waals surface area contributed by atoms with Crippen LogP contribution in [-0.2, 0) is 11.2 Å². The van der Waals surface area contributed by atoms with Crippen LogP contribution in [0.15, 0.2) is 4.52 Å². The minimum atomic E-state index is 0.0155. The minimum Gasteiger partial charge on any atom is -0.356 e. The summed E-state index contributed by atoms with van der Waals surface area (Å²) in [6.45, 7) is 11.0. The first-order valence-electron chi connectivity index (χ1n) is 9.12. The van der Waals surface area contributed by atoms with Crippen LogP contribution in [0.3, 0.4) is 0 Å². The van der Waals surface area contributed by atoms with Gasteiger partial charge in [0.1, 0.15) is 17.0 Å². The van der Waals surface area contributed by atoms with Gasteiger partial charge < -0.3 is 14.7 Å². The van der Waals surface area contributed by atoms with Gasteiger partial charge in [-0.25, -0.2) is 4.98 Å². The van der Waals surface area contributed by atoms with Gasteiger partial charge in [-0.3, -0.25) is 4.79 Å². The van der Waals surface area contributed by atoms with E-state index in [2.05, 4.69) is 34.2 Å². The fraction of sp³-hybridized carbons (Fsp3) is 0.667. The molecular formula is C18H27N5O2. The van der Waals surface area contributed by atoms with Crippen molar-refractivity contribution in [3.05, 3.63) is 11.5 Å². The zero-order valence-corrected chi connectivity index (χ0v) is 15.5. The number of amides is 1. The summed E-state index contributed by atoms with van der Waals surface area (Å²) in [6, 6.07) is 0. The van der Waals surface area contributed by atoms with Gasteiger partial charge >= 0.3 is 0 Å². The molecule has 1 saturated heterocycles. The van der Waals surface area contributed by atoms with E-state index in [4.69, 9.17) is 9.51 Å². The molecule has 1 fully saturated rings. The normalized spacial score (nSPS) is 20.9. The molecule has 3 rings (SSSR count). The molecule has 7 heteroatoms. The van der Waals surface area contributed by atoms with E-state index in [1.807, 2.05) is 13.8 Å². The maximum absolute atomic E-state index is 11.7. The van der Waals surface area contributed by atoms with E-state index in [1.54, 1.807) is 0 Å². The van der Waals surface area contributed by atoms with E-state index in [-0.39, 0.29) is 5.91 Å². The molecule has 1 aliphatic heterocycles. The molecule has 1 N–H and O–H groups in total. The largest absolute Gasteiger partial charge is 0.356 e. The van der Waals surface area contributed by atoms with Crippen molar-refractivity contribution >= 4 is 22.8 Å². The summed E-state index contributed by atoms with van der Waals surface area (Å²) in [7, 11) is 0. The summed E-state index contributed by atoms with van der Waals surface area (Å²) in [5.74, 6) is 2.78. The predicted molar refractivity (Wildman–Crippen MR) is 96.5 cm³/mol. The summed E-state index contributed by atoms with van der Waals surface area (Å²) in [6.07, 6.45) is 2.10. The zero-order valence-electron chi connectivity index (χ0n) is 15.5. The first-order chi connectivity index (χ1) is 12.0. The van der Waals surface area contributed by atoms with E-state index in [9.17, 15) is 4.79 Å². The zero-order chi connectivity index (χ0) is 18.0. The lowest BCUT2D eigenvalue weighted by molar-refractivity contribution is -0.120. The lowest BCUT2D eigenvalue weighted by Crippen LogP contribution is -2.39. The number of rotatable bonds is 5. The van der Waals surface area contributed by atoms with E-state index in [0.717, 1.165) is 30.0 Å². The third-order valence-electron chi connectivity index (χ3n) is 4.65. The van der Waals surface area contributed by atoms with Crippen LogP contribution in [-0.4, -0.2) is 40.7 Å². The van der Waals surface area contributed by atoms with Gasteiger partial charge in [-0.1, -0.05) is 19.0 Å². The van der Waals surface area contributed by atoms with Gasteiger partial charge in [0.15, 0.2) is 0 Å². The van der Waals surface area contributed by atoms with Gasteiger partial charge in [0, 0.05) is 32.5 Å². The smallest absolute Gasteiger partial charge is 0.263 e. The number of carbonyl (C=O) groups excluding carboxylic acids is 1. The highest BCUT2D eigenvalue weighted by Crippen LogP contribution is 2.31. The molecule has 2 atom stereocenters. The summed E-state index contributed by atoms with van der Waals surface area (Å²) in [5, 5.41) is 7.77. The number of fused-ring (bicyclic) bond motifs is 1. The fourth-order valence-corrected chi connectivity index (χ4v) is 3.70. The fourth-order valence-electron chi connectivity index (χ4n) is 3.70. The van der Waals surface area contributed by atoms with Crippen molar-refractivity contribution < 1.29 is 9.32 Å². The molecule has 0 radical (unpaired) electrons. The SMILES string of the molecule is CCNC(=O)CCc1nc(N2CC(C)CC(C)C2)c2c(C)noc2n1. The van der Waals surface area contributed by atoms with Crippen LogP contribution < -0.4 is 10.2 Å². The summed E-state index contributed by atoms with van der Waals surface area (Å²) < 4.78 is 5.40. The van der Waals surface area contributed by atoms with E-state index in [1.165, 1.54) is 6.42 Å².